The van der Waals surface area contributed by atoms with Crippen molar-refractivity contribution in [1.29, 1.82) is 0 Å². The van der Waals surface area contributed by atoms with Crippen molar-refractivity contribution in [2.24, 2.45) is 4.99 Å². The summed E-state index contributed by atoms with van der Waals surface area (Å²) in [6.45, 7) is 18.0. The largest absolute Gasteiger partial charge is 0.469 e. The molecule has 0 radical (unpaired) electrons. The van der Waals surface area contributed by atoms with Crippen molar-refractivity contribution in [3.8, 4) is 0 Å². The Bertz CT molecular complexity index is 1530. The van der Waals surface area contributed by atoms with E-state index in [0.717, 1.165) is 25.2 Å². The van der Waals surface area contributed by atoms with Crippen molar-refractivity contribution < 1.29 is 61.9 Å². The summed E-state index contributed by atoms with van der Waals surface area (Å²) in [6.07, 6.45) is 3.27. The molecule has 1 spiro atoms. The van der Waals surface area contributed by atoms with Gasteiger partial charge in [0.25, 0.3) is 0 Å². The van der Waals surface area contributed by atoms with E-state index in [1.807, 2.05) is 33.8 Å². The number of amidine groups is 1. The zero-order valence-electron chi connectivity index (χ0n) is 37.8. The first-order valence-electron chi connectivity index (χ1n) is 21.8. The number of ether oxygens (including phenoxy) is 9. The molecule has 0 saturated carbocycles. The molecular formula is C42H70ClN7O13. The minimum Gasteiger partial charge on any atom is -0.469 e. The van der Waals surface area contributed by atoms with Crippen molar-refractivity contribution in [2.75, 3.05) is 163 Å². The Kier molecular flexibility index (Phi) is 23.8. The van der Waals surface area contributed by atoms with Crippen LogP contribution < -0.4 is 15.5 Å². The molecule has 1 saturated heterocycles. The number of likely N-dealkylation sites (tertiary alicyclic amines) is 1. The molecule has 3 aliphatic rings. The summed E-state index contributed by atoms with van der Waals surface area (Å²) in [5, 5.41) is 7.85. The Morgan fingerprint density at radius 1 is 0.810 bits per heavy atom. The summed E-state index contributed by atoms with van der Waals surface area (Å²) >= 11 is 6.54. The maximum absolute atomic E-state index is 14.1. The maximum atomic E-state index is 14.1. The number of amides is 2. The molecule has 63 heavy (non-hydrogen) atoms. The highest BCUT2D eigenvalue weighted by Gasteiger charge is 2.60. The van der Waals surface area contributed by atoms with Crippen LogP contribution >= 0.6 is 11.6 Å². The van der Waals surface area contributed by atoms with E-state index in [-0.39, 0.29) is 49.5 Å². The van der Waals surface area contributed by atoms with E-state index in [0.29, 0.717) is 124 Å². The van der Waals surface area contributed by atoms with Crippen molar-refractivity contribution in [3.63, 3.8) is 0 Å². The maximum Gasteiger partial charge on any atom is 0.410 e. The molecule has 2 amide bonds. The number of carbonyl (C=O) groups is 3. The molecule has 0 bridgehead atoms. The van der Waals surface area contributed by atoms with Gasteiger partial charge in [-0.15, -0.1) is 11.6 Å². The van der Waals surface area contributed by atoms with Gasteiger partial charge in [0.2, 0.25) is 5.91 Å². The number of aliphatic imine (C=N–C) groups is 1. The summed E-state index contributed by atoms with van der Waals surface area (Å²) in [7, 11) is 1.39. The average Bonchev–Trinajstić information content (AvgIpc) is 3.75. The Morgan fingerprint density at radius 3 is 1.86 bits per heavy atom. The van der Waals surface area contributed by atoms with E-state index in [4.69, 9.17) is 59.3 Å². The van der Waals surface area contributed by atoms with Crippen molar-refractivity contribution in [1.82, 2.24) is 25.6 Å². The Morgan fingerprint density at radius 2 is 1.33 bits per heavy atom. The van der Waals surface area contributed by atoms with Gasteiger partial charge in [0.15, 0.2) is 0 Å². The van der Waals surface area contributed by atoms with Crippen LogP contribution in [0.3, 0.4) is 0 Å². The third-order valence-electron chi connectivity index (χ3n) is 10.0. The fourth-order valence-corrected chi connectivity index (χ4v) is 6.97. The Balaban J connectivity index is 0.947. The molecule has 1 aromatic heterocycles. The first-order valence-corrected chi connectivity index (χ1v) is 22.3. The van der Waals surface area contributed by atoms with Crippen LogP contribution in [0.25, 0.3) is 0 Å². The van der Waals surface area contributed by atoms with Gasteiger partial charge in [-0.1, -0.05) is 0 Å². The molecule has 3 aliphatic heterocycles. The fourth-order valence-electron chi connectivity index (χ4n) is 6.79. The second kappa shape index (κ2) is 28.6. The molecule has 2 atom stereocenters. The van der Waals surface area contributed by atoms with Gasteiger partial charge in [0.05, 0.1) is 149 Å². The molecular weight excluding hydrogens is 846 g/mol. The number of hydroxylamine groups is 2. The molecule has 358 valence electrons. The minimum atomic E-state index is -0.864. The lowest BCUT2D eigenvalue weighted by atomic mass is 9.75. The zero-order chi connectivity index (χ0) is 45.3. The second-order valence-corrected chi connectivity index (χ2v) is 16.7. The number of rotatable bonds is 34. The summed E-state index contributed by atoms with van der Waals surface area (Å²) in [6, 6.07) is 1.63. The molecule has 4 heterocycles. The lowest BCUT2D eigenvalue weighted by Crippen LogP contribution is -2.66. The van der Waals surface area contributed by atoms with Gasteiger partial charge >= 0.3 is 12.1 Å². The standard InChI is InChI=1S/C42H70ClN7O13/c1-33(43)35-29-47-37(30-49-36-28-46-8-6-34(36)42(39(49)52)31-48(32-42)40(53)63-41(2,3)4)50(35)62-27-26-61-25-24-60-23-22-59-21-20-58-19-18-57-17-16-56-15-14-55-13-12-45-11-10-44-9-7-38(51)54-5/h6,8,28,33,35,44-45H,7,9-27,29-32H2,1-5H3/t33?,35-/m1/s1. The number of alkyl halides is 1. The number of pyridine rings is 1. The number of carbonyl (C=O) groups excluding carboxylic acids is 3. The van der Waals surface area contributed by atoms with Gasteiger partial charge in [-0.3, -0.25) is 24.4 Å². The quantitative estimate of drug-likeness (QED) is 0.0571. The number of hydrogen-bond donors (Lipinski definition) is 2. The van der Waals surface area contributed by atoms with Crippen LogP contribution in [0.2, 0.25) is 0 Å². The summed E-state index contributed by atoms with van der Waals surface area (Å²) < 4.78 is 49.1. The number of methoxy groups -OCH3 is 1. The smallest absolute Gasteiger partial charge is 0.410 e. The summed E-state index contributed by atoms with van der Waals surface area (Å²) in [5.74, 6) is 0.249. The monoisotopic (exact) mass is 915 g/mol. The van der Waals surface area contributed by atoms with Gasteiger partial charge in [-0.05, 0) is 39.3 Å². The molecule has 21 heteroatoms. The van der Waals surface area contributed by atoms with Gasteiger partial charge in [0.1, 0.15) is 16.9 Å². The third kappa shape index (κ3) is 17.9. The van der Waals surface area contributed by atoms with Crippen LogP contribution in [0.5, 0.6) is 0 Å². The number of fused-ring (bicyclic) bond motifs is 2. The summed E-state index contributed by atoms with van der Waals surface area (Å²) in [4.78, 5) is 56.2. The van der Waals surface area contributed by atoms with Crippen molar-refractivity contribution >= 4 is 41.1 Å². The molecule has 0 aromatic carbocycles. The Labute approximate surface area is 376 Å². The first-order chi connectivity index (χ1) is 30.5. The van der Waals surface area contributed by atoms with Crippen molar-refractivity contribution in [3.05, 3.63) is 24.0 Å². The first kappa shape index (κ1) is 52.3. The molecule has 4 rings (SSSR count). The van der Waals surface area contributed by atoms with Crippen LogP contribution in [-0.2, 0) is 62.5 Å². The number of nitrogens with zero attached hydrogens (tertiary/aromatic N) is 5. The topological polar surface area (TPSA) is 203 Å². The molecule has 0 aliphatic carbocycles. The predicted molar refractivity (Wildman–Crippen MR) is 233 cm³/mol. The molecule has 1 unspecified atom stereocenters. The molecule has 20 nitrogen and oxygen atoms in total. The van der Waals surface area contributed by atoms with Crippen LogP contribution in [0.1, 0.15) is 39.7 Å². The van der Waals surface area contributed by atoms with Crippen LogP contribution in [-0.4, -0.2) is 214 Å². The minimum absolute atomic E-state index is 0.117. The van der Waals surface area contributed by atoms with E-state index >= 15 is 0 Å². The highest BCUT2D eigenvalue weighted by molar-refractivity contribution is 6.21. The van der Waals surface area contributed by atoms with Gasteiger partial charge in [-0.25, -0.2) is 9.86 Å². The van der Waals surface area contributed by atoms with E-state index < -0.39 is 17.1 Å². The van der Waals surface area contributed by atoms with E-state index in [2.05, 4.69) is 20.4 Å². The zero-order valence-corrected chi connectivity index (χ0v) is 38.5. The van der Waals surface area contributed by atoms with Crippen LogP contribution in [0, 0.1) is 0 Å². The number of halogens is 1. The second-order valence-electron chi connectivity index (χ2n) is 16.0. The van der Waals surface area contributed by atoms with E-state index in [1.165, 1.54) is 7.11 Å². The third-order valence-corrected chi connectivity index (χ3v) is 10.3. The molecule has 1 aromatic rings. The summed E-state index contributed by atoms with van der Waals surface area (Å²) in [5.41, 5.74) is 0.0229. The number of esters is 1. The molecule has 2 N–H and O–H groups in total. The average molecular weight is 917 g/mol. The van der Waals surface area contributed by atoms with Gasteiger partial charge in [-0.2, -0.15) is 0 Å². The number of aromatic nitrogens is 1. The number of hydrogen-bond acceptors (Lipinski definition) is 18. The SMILES string of the molecule is COC(=O)CCNCCNCCOCCOCCOCCOCCOCCOCCOCCON1C(CN2C(=O)C3(CN(C(=O)OC(C)(C)C)C3)c3ccncc32)=NC[C@@H]1C(C)Cl. The van der Waals surface area contributed by atoms with Crippen LogP contribution in [0.15, 0.2) is 23.5 Å². The normalized spacial score (nSPS) is 17.3. The lowest BCUT2D eigenvalue weighted by molar-refractivity contribution is -0.140. The lowest BCUT2D eigenvalue weighted by Gasteiger charge is -2.46. The highest BCUT2D eigenvalue weighted by atomic mass is 35.5. The van der Waals surface area contributed by atoms with Crippen molar-refractivity contribution in [2.45, 2.75) is 56.6 Å². The van der Waals surface area contributed by atoms with E-state index in [9.17, 15) is 14.4 Å². The van der Waals surface area contributed by atoms with Gasteiger partial charge in [0, 0.05) is 45.5 Å². The number of anilines is 1. The van der Waals surface area contributed by atoms with Crippen LogP contribution in [0.4, 0.5) is 10.5 Å². The van der Waals surface area contributed by atoms with Gasteiger partial charge < -0.3 is 63.1 Å². The highest BCUT2D eigenvalue weighted by Crippen LogP contribution is 2.47. The molecule has 1 fully saturated rings. The predicted octanol–water partition coefficient (Wildman–Crippen LogP) is 1.42. The van der Waals surface area contributed by atoms with E-state index in [1.54, 1.807) is 27.3 Å². The number of nitrogens with one attached hydrogen (secondary N) is 2. The fraction of sp³-hybridized carbons (Fsp3) is 0.786. The Hall–Kier alpha value is -3.28.